The van der Waals surface area contributed by atoms with Gasteiger partial charge >= 0.3 is 0 Å². The van der Waals surface area contributed by atoms with Gasteiger partial charge in [-0.2, -0.15) is 0 Å². The minimum Gasteiger partial charge on any atom is -0.488 e. The summed E-state index contributed by atoms with van der Waals surface area (Å²) in [5, 5.41) is 14.4. The average molecular weight is 492 g/mol. The number of amides is 2. The Morgan fingerprint density at radius 1 is 1.22 bits per heavy atom. The number of carbonyl (C=O) groups excluding carboxylic acids is 2. The summed E-state index contributed by atoms with van der Waals surface area (Å²) in [7, 11) is 0. The van der Waals surface area contributed by atoms with Gasteiger partial charge in [0.15, 0.2) is 5.11 Å². The maximum Gasteiger partial charge on any atom is 0.270 e. The summed E-state index contributed by atoms with van der Waals surface area (Å²) in [5.74, 6) is -1.21. The predicted octanol–water partition coefficient (Wildman–Crippen LogP) is 4.29. The molecule has 3 rings (SSSR count). The van der Waals surface area contributed by atoms with E-state index in [4.69, 9.17) is 40.2 Å². The largest absolute Gasteiger partial charge is 0.488 e. The van der Waals surface area contributed by atoms with Crippen molar-refractivity contribution in [3.63, 3.8) is 0 Å². The van der Waals surface area contributed by atoms with Crippen LogP contribution >= 0.6 is 35.4 Å². The Labute approximate surface area is 198 Å². The number of nitrogens with zero attached hydrogens (tertiary/aromatic N) is 2. The smallest absolute Gasteiger partial charge is 0.270 e. The predicted molar refractivity (Wildman–Crippen MR) is 125 cm³/mol. The molecule has 164 valence electrons. The number of ether oxygens (including phenoxy) is 1. The first-order valence-electron chi connectivity index (χ1n) is 9.06. The van der Waals surface area contributed by atoms with Gasteiger partial charge in [0.05, 0.1) is 4.92 Å². The minimum atomic E-state index is -0.730. The Hall–Kier alpha value is -3.27. The van der Waals surface area contributed by atoms with Gasteiger partial charge in [-0.3, -0.25) is 29.9 Å². The molecule has 2 aromatic rings. The number of carbonyl (C=O) groups is 2. The highest BCUT2D eigenvalue weighted by Crippen LogP contribution is 2.30. The number of hydrogen-bond donors (Lipinski definition) is 1. The first kappa shape index (κ1) is 23.4. The van der Waals surface area contributed by atoms with E-state index in [1.807, 2.05) is 0 Å². The number of thiocarbonyl (C=S) groups is 1. The fraction of sp³-hybridized carbons (Fsp3) is 0.0952. The third-order valence-electron chi connectivity index (χ3n) is 4.44. The lowest BCUT2D eigenvalue weighted by atomic mass is 10.1. The fourth-order valence-corrected chi connectivity index (χ4v) is 3.61. The SMILES string of the molecule is C=CCN1C(=O)/C(=C/c2cc([N+](=O)[O-])ccc2OCc2c(Cl)cccc2Cl)C(=O)NC1=S. The van der Waals surface area contributed by atoms with Crippen LogP contribution < -0.4 is 10.1 Å². The second-order valence-electron chi connectivity index (χ2n) is 6.49. The highest BCUT2D eigenvalue weighted by Gasteiger charge is 2.33. The molecule has 2 amide bonds. The summed E-state index contributed by atoms with van der Waals surface area (Å²) in [6, 6.07) is 8.78. The Bertz CT molecular complexity index is 1160. The quantitative estimate of drug-likeness (QED) is 0.155. The van der Waals surface area contributed by atoms with Crippen molar-refractivity contribution in [3.05, 3.63) is 85.9 Å². The maximum absolute atomic E-state index is 12.8. The van der Waals surface area contributed by atoms with Gasteiger partial charge in [0.2, 0.25) is 0 Å². The number of nitro groups is 1. The van der Waals surface area contributed by atoms with Crippen LogP contribution in [0.3, 0.4) is 0 Å². The molecule has 0 bridgehead atoms. The molecular formula is C21H15Cl2N3O5S. The monoisotopic (exact) mass is 491 g/mol. The van der Waals surface area contributed by atoms with Crippen LogP contribution in [0.4, 0.5) is 5.69 Å². The number of rotatable bonds is 7. The molecule has 0 atom stereocenters. The molecule has 0 saturated carbocycles. The lowest BCUT2D eigenvalue weighted by molar-refractivity contribution is -0.384. The zero-order valence-electron chi connectivity index (χ0n) is 16.3. The first-order chi connectivity index (χ1) is 15.2. The number of benzene rings is 2. The Morgan fingerprint density at radius 2 is 1.91 bits per heavy atom. The van der Waals surface area contributed by atoms with E-state index in [1.165, 1.54) is 30.4 Å². The third-order valence-corrected chi connectivity index (χ3v) is 5.47. The van der Waals surface area contributed by atoms with E-state index in [9.17, 15) is 19.7 Å². The standard InChI is InChI=1S/C21H15Cl2N3O5S/c1-2-8-25-20(28)14(19(27)24-21(25)32)10-12-9-13(26(29)30)6-7-18(12)31-11-15-16(22)4-3-5-17(15)23/h2-7,9-10H,1,8,11H2,(H,24,27,32)/b14-10+. The molecular weight excluding hydrogens is 477 g/mol. The minimum absolute atomic E-state index is 0.0424. The van der Waals surface area contributed by atoms with E-state index in [0.717, 1.165) is 4.90 Å². The summed E-state index contributed by atoms with van der Waals surface area (Å²) in [6.07, 6.45) is 2.67. The summed E-state index contributed by atoms with van der Waals surface area (Å²) >= 11 is 17.4. The van der Waals surface area contributed by atoms with Crippen molar-refractivity contribution in [2.45, 2.75) is 6.61 Å². The first-order valence-corrected chi connectivity index (χ1v) is 10.2. The van der Waals surface area contributed by atoms with Crippen LogP contribution in [0.2, 0.25) is 10.0 Å². The van der Waals surface area contributed by atoms with Crippen molar-refractivity contribution in [2.75, 3.05) is 6.54 Å². The van der Waals surface area contributed by atoms with E-state index in [1.54, 1.807) is 18.2 Å². The molecule has 1 saturated heterocycles. The topological polar surface area (TPSA) is 102 Å². The average Bonchev–Trinajstić information content (AvgIpc) is 2.74. The molecule has 8 nitrogen and oxygen atoms in total. The van der Waals surface area contributed by atoms with Crippen molar-refractivity contribution in [1.29, 1.82) is 0 Å². The van der Waals surface area contributed by atoms with Gasteiger partial charge in [0, 0.05) is 39.8 Å². The number of non-ortho nitro benzene ring substituents is 1. The number of nitrogens with one attached hydrogen (secondary N) is 1. The zero-order chi connectivity index (χ0) is 23.4. The van der Waals surface area contributed by atoms with Gasteiger partial charge in [-0.25, -0.2) is 0 Å². The second-order valence-corrected chi connectivity index (χ2v) is 7.69. The van der Waals surface area contributed by atoms with E-state index >= 15 is 0 Å². The molecule has 1 N–H and O–H groups in total. The summed E-state index contributed by atoms with van der Waals surface area (Å²) in [4.78, 5) is 37.0. The summed E-state index contributed by atoms with van der Waals surface area (Å²) < 4.78 is 5.79. The van der Waals surface area contributed by atoms with Crippen LogP contribution in [0.15, 0.2) is 54.6 Å². The van der Waals surface area contributed by atoms with Crippen molar-refractivity contribution in [3.8, 4) is 5.75 Å². The molecule has 0 aliphatic carbocycles. The molecule has 1 aliphatic rings. The van der Waals surface area contributed by atoms with Gasteiger partial charge in [0.1, 0.15) is 17.9 Å². The zero-order valence-corrected chi connectivity index (χ0v) is 18.7. The van der Waals surface area contributed by atoms with Gasteiger partial charge in [-0.1, -0.05) is 35.3 Å². The van der Waals surface area contributed by atoms with E-state index < -0.39 is 16.7 Å². The summed E-state index contributed by atoms with van der Waals surface area (Å²) in [5.41, 5.74) is 0.151. The van der Waals surface area contributed by atoms with Crippen molar-refractivity contribution in [2.24, 2.45) is 0 Å². The van der Waals surface area contributed by atoms with Crippen LogP contribution in [-0.4, -0.2) is 33.3 Å². The number of nitro benzene ring substituents is 1. The van der Waals surface area contributed by atoms with Crippen LogP contribution in [0.1, 0.15) is 11.1 Å². The van der Waals surface area contributed by atoms with E-state index in [-0.39, 0.29) is 40.8 Å². The van der Waals surface area contributed by atoms with E-state index in [2.05, 4.69) is 11.9 Å². The fourth-order valence-electron chi connectivity index (χ4n) is 2.86. The lowest BCUT2D eigenvalue weighted by Gasteiger charge is -2.27. The van der Waals surface area contributed by atoms with Crippen molar-refractivity contribution >= 4 is 64.1 Å². The van der Waals surface area contributed by atoms with Gasteiger partial charge < -0.3 is 4.74 Å². The Morgan fingerprint density at radius 3 is 2.53 bits per heavy atom. The van der Waals surface area contributed by atoms with Crippen molar-refractivity contribution in [1.82, 2.24) is 10.2 Å². The molecule has 1 heterocycles. The maximum atomic E-state index is 12.8. The van der Waals surface area contributed by atoms with Crippen LogP contribution in [0.25, 0.3) is 6.08 Å². The normalized spacial score (nSPS) is 15.0. The third kappa shape index (κ3) is 4.96. The van der Waals surface area contributed by atoms with E-state index in [0.29, 0.717) is 15.6 Å². The van der Waals surface area contributed by atoms with Gasteiger partial charge in [0.25, 0.3) is 17.5 Å². The van der Waals surface area contributed by atoms with Gasteiger partial charge in [-0.05, 0) is 36.5 Å². The van der Waals surface area contributed by atoms with Crippen molar-refractivity contribution < 1.29 is 19.2 Å². The lowest BCUT2D eigenvalue weighted by Crippen LogP contribution is -2.53. The number of halogens is 2. The van der Waals surface area contributed by atoms with Crippen LogP contribution in [0, 0.1) is 10.1 Å². The molecule has 0 aromatic heterocycles. The molecule has 0 spiro atoms. The second kappa shape index (κ2) is 9.90. The molecule has 32 heavy (non-hydrogen) atoms. The molecule has 11 heteroatoms. The highest BCUT2D eigenvalue weighted by molar-refractivity contribution is 7.80. The highest BCUT2D eigenvalue weighted by atomic mass is 35.5. The number of hydrogen-bond acceptors (Lipinski definition) is 6. The molecule has 0 unspecified atom stereocenters. The van der Waals surface area contributed by atoms with Crippen LogP contribution in [-0.2, 0) is 16.2 Å². The summed E-state index contributed by atoms with van der Waals surface area (Å²) in [6.45, 7) is 3.60. The van der Waals surface area contributed by atoms with Gasteiger partial charge in [-0.15, -0.1) is 6.58 Å². The molecule has 0 radical (unpaired) electrons. The molecule has 1 aliphatic heterocycles. The molecule has 2 aromatic carbocycles. The van der Waals surface area contributed by atoms with Crippen LogP contribution in [0.5, 0.6) is 5.75 Å². The Kier molecular flexibility index (Phi) is 7.24. The Balaban J connectivity index is 2.02. The molecule has 1 fully saturated rings.